The number of ketones is 2. The molecule has 3 saturated carbocycles. The van der Waals surface area contributed by atoms with Crippen LogP contribution in [0, 0.1) is 22.7 Å². The number of Topliss-reactive ketones (excluding diaryl/α,β-unsaturated/α-hetero) is 1. The molecule has 4 rings (SSSR count). The second-order valence-electron chi connectivity index (χ2n) is 10.2. The third-order valence-electron chi connectivity index (χ3n) is 9.17. The van der Waals surface area contributed by atoms with Crippen LogP contribution in [0.2, 0.25) is 0 Å². The van der Waals surface area contributed by atoms with E-state index in [-0.39, 0.29) is 17.6 Å². The zero-order valence-electron chi connectivity index (χ0n) is 17.6. The Kier molecular flexibility index (Phi) is 4.63. The summed E-state index contributed by atoms with van der Waals surface area (Å²) in [6.45, 7) is 4.90. The summed E-state index contributed by atoms with van der Waals surface area (Å²) in [6, 6.07) is 0. The highest BCUT2D eigenvalue weighted by Crippen LogP contribution is 2.69. The Morgan fingerprint density at radius 2 is 1.79 bits per heavy atom. The Morgan fingerprint density at radius 1 is 1.07 bits per heavy atom. The van der Waals surface area contributed by atoms with E-state index in [0.29, 0.717) is 38.5 Å². The average Bonchev–Trinajstić information content (AvgIpc) is 2.94. The van der Waals surface area contributed by atoms with Crippen LogP contribution < -0.4 is 0 Å². The van der Waals surface area contributed by atoms with Crippen LogP contribution in [0.4, 0.5) is 0 Å². The normalized spacial score (nSPS) is 46.2. The van der Waals surface area contributed by atoms with E-state index in [2.05, 4.69) is 6.92 Å². The van der Waals surface area contributed by atoms with Gasteiger partial charge in [0.05, 0.1) is 5.60 Å². The van der Waals surface area contributed by atoms with Crippen LogP contribution in [0.25, 0.3) is 0 Å². The van der Waals surface area contributed by atoms with Crippen LogP contribution in [0.5, 0.6) is 0 Å². The molecule has 29 heavy (non-hydrogen) atoms. The maximum absolute atomic E-state index is 12.9. The first-order valence-electron chi connectivity index (χ1n) is 10.8. The lowest BCUT2D eigenvalue weighted by molar-refractivity contribution is -0.211. The number of carbonyl (C=O) groups excluding carboxylic acids is 3. The van der Waals surface area contributed by atoms with Crippen molar-refractivity contribution in [2.45, 2.75) is 83.3 Å². The van der Waals surface area contributed by atoms with E-state index in [9.17, 15) is 24.6 Å². The van der Waals surface area contributed by atoms with Crippen molar-refractivity contribution in [2.75, 3.05) is 6.61 Å². The van der Waals surface area contributed by atoms with Gasteiger partial charge in [-0.2, -0.15) is 0 Å². The van der Waals surface area contributed by atoms with Gasteiger partial charge in [0.2, 0.25) is 5.78 Å². The van der Waals surface area contributed by atoms with E-state index < -0.39 is 40.4 Å². The average molecular weight is 405 g/mol. The van der Waals surface area contributed by atoms with Gasteiger partial charge >= 0.3 is 5.97 Å². The molecule has 4 aliphatic rings. The Bertz CT molecular complexity index is 801. The number of ether oxygens (including phenoxy) is 1. The first-order chi connectivity index (χ1) is 13.5. The number of fused-ring (bicyclic) bond motifs is 5. The number of esters is 1. The van der Waals surface area contributed by atoms with Gasteiger partial charge < -0.3 is 14.9 Å². The molecule has 0 radical (unpaired) electrons. The third-order valence-corrected chi connectivity index (χ3v) is 9.17. The molecule has 160 valence electrons. The summed E-state index contributed by atoms with van der Waals surface area (Å²) >= 11 is 0. The molecular formula is C23H32O6. The molecule has 3 fully saturated rings. The molecule has 0 spiro atoms. The van der Waals surface area contributed by atoms with Gasteiger partial charge in [0.25, 0.3) is 0 Å². The van der Waals surface area contributed by atoms with Crippen LogP contribution in [0.3, 0.4) is 0 Å². The molecule has 0 aromatic rings. The van der Waals surface area contributed by atoms with Crippen LogP contribution in [0.1, 0.15) is 72.1 Å². The lowest BCUT2D eigenvalue weighted by Gasteiger charge is -2.63. The lowest BCUT2D eigenvalue weighted by Crippen LogP contribution is -2.65. The molecule has 0 aromatic heterocycles. The lowest BCUT2D eigenvalue weighted by atomic mass is 9.44. The minimum absolute atomic E-state index is 0.0172. The highest BCUT2D eigenvalue weighted by atomic mass is 16.5. The van der Waals surface area contributed by atoms with E-state index in [4.69, 9.17) is 4.74 Å². The molecule has 6 nitrogen and oxygen atoms in total. The van der Waals surface area contributed by atoms with Crippen molar-refractivity contribution in [3.8, 4) is 0 Å². The Balaban J connectivity index is 1.66. The van der Waals surface area contributed by atoms with Crippen molar-refractivity contribution in [3.05, 3.63) is 11.6 Å². The van der Waals surface area contributed by atoms with Crippen LogP contribution in [-0.4, -0.2) is 45.6 Å². The van der Waals surface area contributed by atoms with Crippen molar-refractivity contribution in [3.63, 3.8) is 0 Å². The molecular weight excluding hydrogens is 372 g/mol. The number of aliphatic hydroxyl groups is 2. The minimum Gasteiger partial charge on any atom is -0.458 e. The summed E-state index contributed by atoms with van der Waals surface area (Å²) < 4.78 is 4.89. The number of carbonyl (C=O) groups is 3. The number of rotatable bonds is 3. The van der Waals surface area contributed by atoms with Crippen LogP contribution >= 0.6 is 0 Å². The molecule has 4 aliphatic carbocycles. The summed E-state index contributed by atoms with van der Waals surface area (Å²) in [6.07, 6.45) is 6.43. The van der Waals surface area contributed by atoms with Crippen molar-refractivity contribution in [1.29, 1.82) is 0 Å². The second kappa shape index (κ2) is 6.48. The minimum atomic E-state index is -1.53. The van der Waals surface area contributed by atoms with Gasteiger partial charge in [-0.15, -0.1) is 0 Å². The smallest absolute Gasteiger partial charge is 0.303 e. The van der Waals surface area contributed by atoms with Gasteiger partial charge in [0, 0.05) is 24.2 Å². The standard InChI is InChI=1S/C23H32O6/c1-14(24)29-13-19(26)23(28)9-7-17-18-5-4-15-12-16(25)6-8-20(15,2)22(18,27)11-10-21(17,23)3/h12,17-18,27-28H,4-11,13H2,1-3H3/t17-,18-,20-,21-,22+,23-/m0/s1. The fraction of sp³-hybridized carbons (Fsp3) is 0.783. The maximum atomic E-state index is 12.9. The second-order valence-corrected chi connectivity index (χ2v) is 10.2. The SMILES string of the molecule is CC(=O)OCC(=O)[C@@]1(O)CC[C@H]2[C@@H]3CCC4=CC(=O)CC[C@]4(C)[C@@]3(O)CC[C@@]21C. The van der Waals surface area contributed by atoms with Gasteiger partial charge in [0.1, 0.15) is 5.60 Å². The van der Waals surface area contributed by atoms with Crippen LogP contribution in [0.15, 0.2) is 11.6 Å². The molecule has 0 bridgehead atoms. The fourth-order valence-corrected chi connectivity index (χ4v) is 7.26. The van der Waals surface area contributed by atoms with Gasteiger partial charge in [-0.3, -0.25) is 14.4 Å². The Hall–Kier alpha value is -1.53. The van der Waals surface area contributed by atoms with Crippen LogP contribution in [-0.2, 0) is 19.1 Å². The van der Waals surface area contributed by atoms with Crippen molar-refractivity contribution < 1.29 is 29.3 Å². The van der Waals surface area contributed by atoms with Gasteiger partial charge in [0.15, 0.2) is 12.4 Å². The molecule has 0 aliphatic heterocycles. The zero-order valence-corrected chi connectivity index (χ0v) is 17.6. The fourth-order valence-electron chi connectivity index (χ4n) is 7.26. The molecule has 0 aromatic carbocycles. The Morgan fingerprint density at radius 3 is 2.48 bits per heavy atom. The van der Waals surface area contributed by atoms with E-state index in [0.717, 1.165) is 18.4 Å². The summed E-state index contributed by atoms with van der Waals surface area (Å²) in [5, 5.41) is 23.4. The third kappa shape index (κ3) is 2.64. The van der Waals surface area contributed by atoms with Crippen molar-refractivity contribution in [2.24, 2.45) is 22.7 Å². The summed E-state index contributed by atoms with van der Waals surface area (Å²) in [7, 11) is 0. The van der Waals surface area contributed by atoms with Gasteiger partial charge in [-0.05, 0) is 62.9 Å². The van der Waals surface area contributed by atoms with E-state index in [1.807, 2.05) is 6.92 Å². The van der Waals surface area contributed by atoms with Crippen molar-refractivity contribution >= 4 is 17.5 Å². The molecule has 0 heterocycles. The highest BCUT2D eigenvalue weighted by molar-refractivity contribution is 5.92. The molecule has 2 N–H and O–H groups in total. The van der Waals surface area contributed by atoms with E-state index in [1.54, 1.807) is 6.08 Å². The molecule has 0 amide bonds. The Labute approximate surface area is 171 Å². The van der Waals surface area contributed by atoms with Crippen molar-refractivity contribution in [1.82, 2.24) is 0 Å². The highest BCUT2D eigenvalue weighted by Gasteiger charge is 2.70. The van der Waals surface area contributed by atoms with Gasteiger partial charge in [-0.25, -0.2) is 0 Å². The van der Waals surface area contributed by atoms with E-state index >= 15 is 0 Å². The number of hydrogen-bond donors (Lipinski definition) is 2. The quantitative estimate of drug-likeness (QED) is 0.701. The predicted octanol–water partition coefficient (Wildman–Crippen LogP) is 2.50. The predicted molar refractivity (Wildman–Crippen MR) is 105 cm³/mol. The molecule has 0 saturated heterocycles. The largest absolute Gasteiger partial charge is 0.458 e. The summed E-state index contributed by atoms with van der Waals surface area (Å²) in [5.74, 6) is -0.831. The summed E-state index contributed by atoms with van der Waals surface area (Å²) in [4.78, 5) is 36.0. The summed E-state index contributed by atoms with van der Waals surface area (Å²) in [5.41, 5.74) is -2.47. The monoisotopic (exact) mass is 404 g/mol. The zero-order chi connectivity index (χ0) is 21.2. The first-order valence-corrected chi connectivity index (χ1v) is 10.8. The maximum Gasteiger partial charge on any atom is 0.303 e. The van der Waals surface area contributed by atoms with Gasteiger partial charge in [-0.1, -0.05) is 19.4 Å². The molecule has 6 heteroatoms. The number of hydrogen-bond acceptors (Lipinski definition) is 6. The first kappa shape index (κ1) is 20.7. The molecule has 6 atom stereocenters. The van der Waals surface area contributed by atoms with E-state index in [1.165, 1.54) is 6.92 Å². The molecule has 0 unspecified atom stereocenters. The topological polar surface area (TPSA) is 101 Å².